The van der Waals surface area contributed by atoms with Gasteiger partial charge in [-0.2, -0.15) is 0 Å². The molecule has 118 valence electrons. The van der Waals surface area contributed by atoms with E-state index in [0.29, 0.717) is 11.3 Å². The number of ether oxygens (including phenoxy) is 2. The Morgan fingerprint density at radius 3 is 2.74 bits per heavy atom. The number of nitrogens with zero attached hydrogens (tertiary/aromatic N) is 2. The van der Waals surface area contributed by atoms with Gasteiger partial charge in [0.2, 0.25) is 0 Å². The number of methoxy groups -OCH3 is 1. The summed E-state index contributed by atoms with van der Waals surface area (Å²) in [5.41, 5.74) is 6.33. The predicted molar refractivity (Wildman–Crippen MR) is 82.8 cm³/mol. The molecule has 2 aromatic rings. The number of fused-ring (bicyclic) bond motifs is 1. The first-order chi connectivity index (χ1) is 11.1. The Bertz CT molecular complexity index is 748. The molecule has 1 aromatic heterocycles. The van der Waals surface area contributed by atoms with Gasteiger partial charge in [-0.3, -0.25) is 9.69 Å². The monoisotopic (exact) mass is 313 g/mol. The Morgan fingerprint density at radius 2 is 2.04 bits per heavy atom. The number of pyridine rings is 1. The Labute approximate surface area is 132 Å². The molecule has 1 aromatic carbocycles. The van der Waals surface area contributed by atoms with E-state index in [2.05, 4.69) is 4.98 Å². The van der Waals surface area contributed by atoms with Gasteiger partial charge in [-0.15, -0.1) is 0 Å². The largest absolute Gasteiger partial charge is 0.480 e. The smallest absolute Gasteiger partial charge is 0.333 e. The Balaban J connectivity index is 2.14. The van der Waals surface area contributed by atoms with Crippen molar-refractivity contribution in [1.29, 1.82) is 0 Å². The quantitative estimate of drug-likeness (QED) is 0.858. The van der Waals surface area contributed by atoms with Crippen LogP contribution in [0, 0.1) is 0 Å². The van der Waals surface area contributed by atoms with Crippen LogP contribution in [0.15, 0.2) is 42.5 Å². The lowest BCUT2D eigenvalue weighted by Crippen LogP contribution is -2.45. The highest BCUT2D eigenvalue weighted by Crippen LogP contribution is 2.37. The molecule has 1 amide bonds. The van der Waals surface area contributed by atoms with E-state index in [1.54, 1.807) is 36.4 Å². The zero-order chi connectivity index (χ0) is 16.4. The summed E-state index contributed by atoms with van der Waals surface area (Å²) in [5.74, 6) is -0.135. The van der Waals surface area contributed by atoms with Crippen molar-refractivity contribution >= 4 is 23.5 Å². The van der Waals surface area contributed by atoms with Crippen molar-refractivity contribution in [3.63, 3.8) is 0 Å². The minimum Gasteiger partial charge on any atom is -0.480 e. The first kappa shape index (κ1) is 14.8. The molecule has 0 saturated heterocycles. The summed E-state index contributed by atoms with van der Waals surface area (Å²) in [6.07, 6.45) is 0. The summed E-state index contributed by atoms with van der Waals surface area (Å²) in [6.45, 7) is -0.182. The van der Waals surface area contributed by atoms with Gasteiger partial charge in [-0.25, -0.2) is 9.78 Å². The molecular weight excluding hydrogens is 298 g/mol. The van der Waals surface area contributed by atoms with Crippen LogP contribution in [-0.4, -0.2) is 30.6 Å². The SMILES string of the molecule is COC(=O)C(c1ccccc1)N1C(=O)COc2ccc(N)nc21. The molecular formula is C16H15N3O4. The molecule has 0 radical (unpaired) electrons. The topological polar surface area (TPSA) is 94.8 Å². The van der Waals surface area contributed by atoms with Gasteiger partial charge in [-0.05, 0) is 17.7 Å². The Hall–Kier alpha value is -3.09. The number of hydrogen-bond acceptors (Lipinski definition) is 6. The number of amides is 1. The molecule has 2 heterocycles. The van der Waals surface area contributed by atoms with Crippen LogP contribution in [0.4, 0.5) is 11.6 Å². The van der Waals surface area contributed by atoms with E-state index in [0.717, 1.165) is 0 Å². The van der Waals surface area contributed by atoms with Crippen LogP contribution in [0.25, 0.3) is 0 Å². The Kier molecular flexibility index (Phi) is 3.84. The minimum absolute atomic E-state index is 0.182. The van der Waals surface area contributed by atoms with Crippen molar-refractivity contribution in [2.45, 2.75) is 6.04 Å². The van der Waals surface area contributed by atoms with Crippen molar-refractivity contribution in [3.8, 4) is 5.75 Å². The van der Waals surface area contributed by atoms with E-state index >= 15 is 0 Å². The molecule has 23 heavy (non-hydrogen) atoms. The summed E-state index contributed by atoms with van der Waals surface area (Å²) in [7, 11) is 1.27. The van der Waals surface area contributed by atoms with E-state index in [-0.39, 0.29) is 18.2 Å². The van der Waals surface area contributed by atoms with Crippen LogP contribution >= 0.6 is 0 Å². The number of nitrogens with two attached hydrogens (primary N) is 1. The molecule has 7 nitrogen and oxygen atoms in total. The van der Waals surface area contributed by atoms with Gasteiger partial charge in [0.15, 0.2) is 24.2 Å². The second-order valence-electron chi connectivity index (χ2n) is 4.95. The highest BCUT2D eigenvalue weighted by molar-refractivity contribution is 6.02. The van der Waals surface area contributed by atoms with Gasteiger partial charge in [0.1, 0.15) is 5.82 Å². The molecule has 0 bridgehead atoms. The van der Waals surface area contributed by atoms with Crippen molar-refractivity contribution in [2.75, 3.05) is 24.4 Å². The lowest BCUT2D eigenvalue weighted by molar-refractivity contribution is -0.144. The van der Waals surface area contributed by atoms with Gasteiger partial charge in [0, 0.05) is 0 Å². The van der Waals surface area contributed by atoms with Crippen molar-refractivity contribution < 1.29 is 19.1 Å². The predicted octanol–water partition coefficient (Wildman–Crippen LogP) is 1.30. The van der Waals surface area contributed by atoms with Crippen molar-refractivity contribution in [1.82, 2.24) is 4.98 Å². The number of anilines is 2. The molecule has 0 saturated carbocycles. The van der Waals surface area contributed by atoms with Crippen LogP contribution < -0.4 is 15.4 Å². The first-order valence-electron chi connectivity index (χ1n) is 6.96. The van der Waals surface area contributed by atoms with Gasteiger partial charge in [0.05, 0.1) is 7.11 Å². The third kappa shape index (κ3) is 2.68. The molecule has 1 atom stereocenters. The van der Waals surface area contributed by atoms with Crippen molar-refractivity contribution in [2.24, 2.45) is 0 Å². The van der Waals surface area contributed by atoms with Gasteiger partial charge in [-0.1, -0.05) is 30.3 Å². The summed E-state index contributed by atoms with van der Waals surface area (Å²) in [6, 6.07) is 11.1. The van der Waals surface area contributed by atoms with Gasteiger partial charge >= 0.3 is 5.97 Å². The second-order valence-corrected chi connectivity index (χ2v) is 4.95. The number of nitrogen functional groups attached to an aromatic ring is 1. The molecule has 0 spiro atoms. The van der Waals surface area contributed by atoms with E-state index in [4.69, 9.17) is 15.2 Å². The van der Waals surface area contributed by atoms with E-state index in [1.807, 2.05) is 6.07 Å². The van der Waals surface area contributed by atoms with Gasteiger partial charge < -0.3 is 15.2 Å². The molecule has 1 aliphatic rings. The highest BCUT2D eigenvalue weighted by Gasteiger charge is 2.38. The van der Waals surface area contributed by atoms with Gasteiger partial charge in [0.25, 0.3) is 5.91 Å². The fourth-order valence-electron chi connectivity index (χ4n) is 2.47. The maximum absolute atomic E-state index is 12.4. The third-order valence-electron chi connectivity index (χ3n) is 3.51. The molecule has 0 aliphatic carbocycles. The summed E-state index contributed by atoms with van der Waals surface area (Å²) in [5, 5.41) is 0. The number of benzene rings is 1. The van der Waals surface area contributed by atoms with Crippen LogP contribution in [-0.2, 0) is 14.3 Å². The second kappa shape index (κ2) is 5.96. The average Bonchev–Trinajstić information content (AvgIpc) is 2.58. The number of esters is 1. The standard InChI is InChI=1S/C16H15N3O4/c1-22-16(21)14(10-5-3-2-4-6-10)19-13(20)9-23-11-7-8-12(17)18-15(11)19/h2-8,14H,9H2,1H3,(H2,17,18). The molecule has 1 aliphatic heterocycles. The molecule has 1 unspecified atom stereocenters. The molecule has 0 fully saturated rings. The Morgan fingerprint density at radius 1 is 1.30 bits per heavy atom. The van der Waals surface area contributed by atoms with E-state index < -0.39 is 17.9 Å². The first-order valence-corrected chi connectivity index (χ1v) is 6.96. The number of hydrogen-bond donors (Lipinski definition) is 1. The molecule has 7 heteroatoms. The summed E-state index contributed by atoms with van der Waals surface area (Å²) in [4.78, 5) is 30.2. The zero-order valence-corrected chi connectivity index (χ0v) is 12.4. The average molecular weight is 313 g/mol. The summed E-state index contributed by atoms with van der Waals surface area (Å²) >= 11 is 0. The van der Waals surface area contributed by atoms with Crippen molar-refractivity contribution in [3.05, 3.63) is 48.0 Å². The van der Waals surface area contributed by atoms with Crippen LogP contribution in [0.3, 0.4) is 0 Å². The van der Waals surface area contributed by atoms with Crippen LogP contribution in [0.2, 0.25) is 0 Å². The maximum Gasteiger partial charge on any atom is 0.333 e. The lowest BCUT2D eigenvalue weighted by atomic mass is 10.0. The highest BCUT2D eigenvalue weighted by atomic mass is 16.5. The normalized spacial score (nSPS) is 14.7. The zero-order valence-electron chi connectivity index (χ0n) is 12.4. The number of carbonyl (C=O) groups is 2. The fourth-order valence-corrected chi connectivity index (χ4v) is 2.47. The molecule has 2 N–H and O–H groups in total. The number of aromatic nitrogens is 1. The third-order valence-corrected chi connectivity index (χ3v) is 3.51. The van der Waals surface area contributed by atoms with Crippen LogP contribution in [0.1, 0.15) is 11.6 Å². The molecule has 3 rings (SSSR count). The lowest BCUT2D eigenvalue weighted by Gasteiger charge is -2.33. The number of carbonyl (C=O) groups excluding carboxylic acids is 2. The van der Waals surface area contributed by atoms with Crippen LogP contribution in [0.5, 0.6) is 5.75 Å². The summed E-state index contributed by atoms with van der Waals surface area (Å²) < 4.78 is 10.2. The maximum atomic E-state index is 12.4. The van der Waals surface area contributed by atoms with E-state index in [9.17, 15) is 9.59 Å². The minimum atomic E-state index is -0.953. The van der Waals surface area contributed by atoms with E-state index in [1.165, 1.54) is 12.0 Å². The number of rotatable bonds is 3. The fraction of sp³-hybridized carbons (Fsp3) is 0.188.